The molecule has 1 amide bonds. The van der Waals surface area contributed by atoms with Crippen LogP contribution < -0.4 is 10.2 Å². The molecule has 2 heterocycles. The van der Waals surface area contributed by atoms with Crippen LogP contribution in [0.3, 0.4) is 0 Å². The molecule has 1 aliphatic carbocycles. The number of nitrogens with one attached hydrogen (secondary N) is 1. The fourth-order valence-electron chi connectivity index (χ4n) is 3.14. The first kappa shape index (κ1) is 19.3. The van der Waals surface area contributed by atoms with Gasteiger partial charge in [0.1, 0.15) is 6.20 Å². The first-order valence-corrected chi connectivity index (χ1v) is 8.20. The number of aromatic nitrogens is 2. The Balaban J connectivity index is 1.84. The number of rotatable bonds is 4. The van der Waals surface area contributed by atoms with Crippen LogP contribution in [0.2, 0.25) is 0 Å². The van der Waals surface area contributed by atoms with Gasteiger partial charge in [0.05, 0.1) is 17.5 Å². The van der Waals surface area contributed by atoms with Gasteiger partial charge in [0.15, 0.2) is 0 Å². The predicted molar refractivity (Wildman–Crippen MR) is 81.5 cm³/mol. The van der Waals surface area contributed by atoms with E-state index in [-0.39, 0.29) is 24.8 Å². The summed E-state index contributed by atoms with van der Waals surface area (Å²) in [7, 11) is 0. The van der Waals surface area contributed by atoms with Gasteiger partial charge in [0.2, 0.25) is 5.82 Å². The zero-order valence-corrected chi connectivity index (χ0v) is 13.9. The van der Waals surface area contributed by atoms with E-state index in [4.69, 9.17) is 0 Å². The summed E-state index contributed by atoms with van der Waals surface area (Å²) in [6, 6.07) is -1.53. The highest BCUT2D eigenvalue weighted by Crippen LogP contribution is 2.42. The number of carbonyl (C=O) groups is 1. The molecule has 1 saturated carbocycles. The van der Waals surface area contributed by atoms with E-state index in [1.54, 1.807) is 5.32 Å². The third kappa shape index (κ3) is 4.27. The zero-order valence-electron chi connectivity index (χ0n) is 13.9. The Morgan fingerprint density at radius 1 is 1.33 bits per heavy atom. The van der Waals surface area contributed by atoms with E-state index in [1.807, 2.05) is 0 Å². The van der Waals surface area contributed by atoms with Crippen molar-refractivity contribution in [3.05, 3.63) is 16.3 Å². The molecule has 1 saturated heterocycles. The van der Waals surface area contributed by atoms with Crippen LogP contribution in [0.4, 0.5) is 33.5 Å². The first-order valence-electron chi connectivity index (χ1n) is 8.20. The summed E-state index contributed by atoms with van der Waals surface area (Å²) in [6.07, 6.45) is -3.98. The maximum atomic E-state index is 14.3. The largest absolute Gasteiger partial charge is 0.471 e. The number of carbonyl (C=O) groups excluding carboxylic acids is 1. The van der Waals surface area contributed by atoms with E-state index in [2.05, 4.69) is 5.10 Å². The smallest absolute Gasteiger partial charge is 0.345 e. The Kier molecular flexibility index (Phi) is 4.72. The van der Waals surface area contributed by atoms with Gasteiger partial charge in [-0.3, -0.25) is 14.9 Å². The highest BCUT2D eigenvalue weighted by molar-refractivity contribution is 5.82. The number of halogens is 5. The van der Waals surface area contributed by atoms with Gasteiger partial charge in [-0.25, -0.2) is 13.5 Å². The number of nitro groups is 1. The number of alkyl halides is 5. The third-order valence-corrected chi connectivity index (χ3v) is 4.45. The van der Waals surface area contributed by atoms with Crippen molar-refractivity contribution in [3.8, 4) is 0 Å². The van der Waals surface area contributed by atoms with Crippen molar-refractivity contribution in [1.29, 1.82) is 0 Å². The molecule has 8 nitrogen and oxygen atoms in total. The fourth-order valence-corrected chi connectivity index (χ4v) is 3.14. The number of anilines is 1. The molecule has 3 rings (SSSR count). The molecule has 0 aromatic carbocycles. The lowest BCUT2D eigenvalue weighted by atomic mass is 10.1. The highest BCUT2D eigenvalue weighted by atomic mass is 19.4. The SMILES string of the molecule is O=C(NC1CCN(c2c([N+](=O)[O-])cnn2C2CC2)CC(F)(F)C1)C(F)(F)F. The first-order chi connectivity index (χ1) is 12.5. The van der Waals surface area contributed by atoms with Crippen molar-refractivity contribution in [3.63, 3.8) is 0 Å². The van der Waals surface area contributed by atoms with Crippen LogP contribution in [-0.4, -0.2) is 51.8 Å². The van der Waals surface area contributed by atoms with Gasteiger partial charge in [0.25, 0.3) is 5.92 Å². The minimum absolute atomic E-state index is 0.0787. The average molecular weight is 397 g/mol. The molecule has 1 aliphatic heterocycles. The van der Waals surface area contributed by atoms with Gasteiger partial charge in [-0.05, 0) is 19.3 Å². The van der Waals surface area contributed by atoms with Crippen LogP contribution in [0.1, 0.15) is 31.7 Å². The summed E-state index contributed by atoms with van der Waals surface area (Å²) in [5.41, 5.74) is -0.435. The van der Waals surface area contributed by atoms with Gasteiger partial charge in [-0.2, -0.15) is 18.3 Å². The Bertz CT molecular complexity index is 746. The number of hydrogen-bond donors (Lipinski definition) is 1. The summed E-state index contributed by atoms with van der Waals surface area (Å²) in [5, 5.41) is 16.7. The monoisotopic (exact) mass is 397 g/mol. The van der Waals surface area contributed by atoms with E-state index in [0.717, 1.165) is 11.1 Å². The van der Waals surface area contributed by atoms with Gasteiger partial charge in [-0.1, -0.05) is 0 Å². The van der Waals surface area contributed by atoms with Crippen LogP contribution >= 0.6 is 0 Å². The van der Waals surface area contributed by atoms with Gasteiger partial charge in [0, 0.05) is 19.0 Å². The van der Waals surface area contributed by atoms with Crippen molar-refractivity contribution in [2.24, 2.45) is 0 Å². The topological polar surface area (TPSA) is 93.3 Å². The minimum atomic E-state index is -5.18. The molecule has 2 fully saturated rings. The second kappa shape index (κ2) is 6.60. The molecule has 27 heavy (non-hydrogen) atoms. The molecule has 1 aromatic heterocycles. The molecular formula is C14H16F5N5O3. The van der Waals surface area contributed by atoms with Crippen LogP contribution in [0, 0.1) is 10.1 Å². The minimum Gasteiger partial charge on any atom is -0.345 e. The van der Waals surface area contributed by atoms with Crippen molar-refractivity contribution >= 4 is 17.4 Å². The summed E-state index contributed by atoms with van der Waals surface area (Å²) in [5.74, 6) is -5.82. The van der Waals surface area contributed by atoms with Crippen LogP contribution in [0.15, 0.2) is 6.20 Å². The Morgan fingerprint density at radius 3 is 2.56 bits per heavy atom. The summed E-state index contributed by atoms with van der Waals surface area (Å²) in [4.78, 5) is 22.7. The second-order valence-corrected chi connectivity index (χ2v) is 6.72. The lowest BCUT2D eigenvalue weighted by Crippen LogP contribution is -2.45. The summed E-state index contributed by atoms with van der Waals surface area (Å²) in [6.45, 7) is -1.09. The van der Waals surface area contributed by atoms with Crippen molar-refractivity contribution in [2.75, 3.05) is 18.0 Å². The molecular weight excluding hydrogens is 381 g/mol. The van der Waals surface area contributed by atoms with Crippen molar-refractivity contribution < 1.29 is 31.7 Å². The molecule has 1 unspecified atom stereocenters. The van der Waals surface area contributed by atoms with Crippen molar-refractivity contribution in [1.82, 2.24) is 15.1 Å². The van der Waals surface area contributed by atoms with Gasteiger partial charge in [-0.15, -0.1) is 0 Å². The van der Waals surface area contributed by atoms with Crippen molar-refractivity contribution in [2.45, 2.75) is 49.9 Å². The Morgan fingerprint density at radius 2 is 2.00 bits per heavy atom. The Labute approximate surface area is 149 Å². The van der Waals surface area contributed by atoms with Crippen LogP contribution in [0.5, 0.6) is 0 Å². The lowest BCUT2D eigenvalue weighted by Gasteiger charge is -2.25. The second-order valence-electron chi connectivity index (χ2n) is 6.72. The standard InChI is InChI=1S/C14H16F5N5O3/c15-13(16)5-8(21-12(25)14(17,18)19)3-4-22(7-13)11-10(24(26)27)6-20-23(11)9-1-2-9/h6,8-9H,1-5,7H2,(H,21,25). The molecule has 0 radical (unpaired) electrons. The number of nitrogens with zero attached hydrogens (tertiary/aromatic N) is 4. The normalized spacial score (nSPS) is 23.0. The number of hydrogen-bond acceptors (Lipinski definition) is 5. The van der Waals surface area contributed by atoms with Crippen LogP contribution in [0.25, 0.3) is 0 Å². The molecule has 2 aliphatic rings. The van der Waals surface area contributed by atoms with E-state index in [9.17, 15) is 36.9 Å². The zero-order chi connectivity index (χ0) is 20.0. The molecule has 0 spiro atoms. The van der Waals surface area contributed by atoms with E-state index in [1.165, 1.54) is 4.68 Å². The van der Waals surface area contributed by atoms with E-state index >= 15 is 0 Å². The van der Waals surface area contributed by atoms with E-state index in [0.29, 0.717) is 12.8 Å². The molecule has 0 bridgehead atoms. The third-order valence-electron chi connectivity index (χ3n) is 4.45. The van der Waals surface area contributed by atoms with Crippen LogP contribution in [-0.2, 0) is 4.79 Å². The Hall–Kier alpha value is -2.47. The number of amides is 1. The molecule has 13 heteroatoms. The average Bonchev–Trinajstić information content (AvgIpc) is 3.29. The quantitative estimate of drug-likeness (QED) is 0.479. The fraction of sp³-hybridized carbons (Fsp3) is 0.714. The van der Waals surface area contributed by atoms with E-state index < -0.39 is 47.6 Å². The molecule has 150 valence electrons. The molecule has 1 atom stereocenters. The summed E-state index contributed by atoms with van der Waals surface area (Å²) < 4.78 is 67.1. The predicted octanol–water partition coefficient (Wildman–Crippen LogP) is 2.41. The lowest BCUT2D eigenvalue weighted by molar-refractivity contribution is -0.384. The molecule has 1 aromatic rings. The summed E-state index contributed by atoms with van der Waals surface area (Å²) >= 11 is 0. The molecule has 1 N–H and O–H groups in total. The highest BCUT2D eigenvalue weighted by Gasteiger charge is 2.45. The maximum Gasteiger partial charge on any atom is 0.471 e. The maximum absolute atomic E-state index is 14.3. The van der Waals surface area contributed by atoms with Gasteiger partial charge >= 0.3 is 17.8 Å². The van der Waals surface area contributed by atoms with Gasteiger partial charge < -0.3 is 10.2 Å².